The molecule has 1 saturated carbocycles. The summed E-state index contributed by atoms with van der Waals surface area (Å²) in [6.45, 7) is 3.26. The smallest absolute Gasteiger partial charge is 0.251 e. The van der Waals surface area contributed by atoms with E-state index in [0.717, 1.165) is 17.3 Å². The summed E-state index contributed by atoms with van der Waals surface area (Å²) in [5.74, 6) is 0.816. The van der Waals surface area contributed by atoms with Crippen molar-refractivity contribution in [1.29, 1.82) is 0 Å². The Balaban J connectivity index is 1.60. The van der Waals surface area contributed by atoms with Crippen LogP contribution in [0, 0.1) is 11.8 Å². The predicted octanol–water partition coefficient (Wildman–Crippen LogP) is 2.34. The summed E-state index contributed by atoms with van der Waals surface area (Å²) >= 11 is 3.33. The Morgan fingerprint density at radius 2 is 1.80 bits per heavy atom. The highest BCUT2D eigenvalue weighted by Crippen LogP contribution is 2.37. The second-order valence-electron chi connectivity index (χ2n) is 5.23. The number of carbonyl (C=O) groups excluding carboxylic acids is 2. The first kappa shape index (κ1) is 15.0. The van der Waals surface area contributed by atoms with Gasteiger partial charge in [-0.05, 0) is 43.0 Å². The van der Waals surface area contributed by atoms with E-state index in [9.17, 15) is 9.59 Å². The summed E-state index contributed by atoms with van der Waals surface area (Å²) in [6.07, 6.45) is 1.75. The normalized spacial score (nSPS) is 20.3. The zero-order chi connectivity index (χ0) is 14.5. The van der Waals surface area contributed by atoms with E-state index in [1.54, 1.807) is 12.1 Å². The lowest BCUT2D eigenvalue weighted by atomic mass is 10.2. The molecule has 2 atom stereocenters. The fraction of sp³-hybridized carbons (Fsp3) is 0.467. The second kappa shape index (κ2) is 6.88. The van der Waals surface area contributed by atoms with Gasteiger partial charge in [0.05, 0.1) is 0 Å². The maximum Gasteiger partial charge on any atom is 0.251 e. The van der Waals surface area contributed by atoms with E-state index >= 15 is 0 Å². The van der Waals surface area contributed by atoms with Gasteiger partial charge >= 0.3 is 0 Å². The Labute approximate surface area is 127 Å². The van der Waals surface area contributed by atoms with E-state index in [-0.39, 0.29) is 17.7 Å². The zero-order valence-electron chi connectivity index (χ0n) is 11.5. The maximum absolute atomic E-state index is 11.8. The summed E-state index contributed by atoms with van der Waals surface area (Å²) in [4.78, 5) is 23.4. The number of hydrogen-bond acceptors (Lipinski definition) is 2. The Bertz CT molecular complexity index is 487. The minimum Gasteiger partial charge on any atom is -0.356 e. The van der Waals surface area contributed by atoms with Crippen LogP contribution < -0.4 is 10.6 Å². The monoisotopic (exact) mass is 338 g/mol. The number of amides is 2. The van der Waals surface area contributed by atoms with Crippen molar-refractivity contribution in [1.82, 2.24) is 10.6 Å². The van der Waals surface area contributed by atoms with Crippen LogP contribution in [0.1, 0.15) is 30.1 Å². The van der Waals surface area contributed by atoms with Gasteiger partial charge in [-0.3, -0.25) is 9.59 Å². The summed E-state index contributed by atoms with van der Waals surface area (Å²) in [7, 11) is 0. The molecule has 0 aromatic heterocycles. The minimum absolute atomic E-state index is 0.0837. The van der Waals surface area contributed by atoms with Gasteiger partial charge in [-0.15, -0.1) is 0 Å². The summed E-state index contributed by atoms with van der Waals surface area (Å²) in [5.41, 5.74) is 0.643. The molecule has 0 heterocycles. The molecule has 0 aliphatic heterocycles. The zero-order valence-corrected chi connectivity index (χ0v) is 13.1. The van der Waals surface area contributed by atoms with Crippen LogP contribution in [-0.4, -0.2) is 24.9 Å². The Morgan fingerprint density at radius 3 is 2.40 bits per heavy atom. The molecule has 1 aromatic carbocycles. The van der Waals surface area contributed by atoms with E-state index in [1.165, 1.54) is 0 Å². The van der Waals surface area contributed by atoms with E-state index in [1.807, 2.05) is 12.1 Å². The van der Waals surface area contributed by atoms with Gasteiger partial charge < -0.3 is 10.6 Å². The van der Waals surface area contributed by atoms with Crippen LogP contribution in [0.15, 0.2) is 28.7 Å². The van der Waals surface area contributed by atoms with E-state index in [2.05, 4.69) is 33.5 Å². The molecule has 1 aromatic rings. The molecule has 1 aliphatic rings. The SMILES string of the molecule is C[C@H]1C[C@@H]1C(=O)NCCCNC(=O)c1ccc(Br)cc1. The quantitative estimate of drug-likeness (QED) is 0.782. The van der Waals surface area contributed by atoms with Gasteiger partial charge in [0.2, 0.25) is 5.91 Å². The summed E-state index contributed by atoms with van der Waals surface area (Å²) in [5, 5.41) is 5.74. The molecular formula is C15H19BrN2O2. The number of carbonyl (C=O) groups is 2. The molecule has 0 bridgehead atoms. The fourth-order valence-electron chi connectivity index (χ4n) is 2.02. The summed E-state index contributed by atoms with van der Waals surface area (Å²) < 4.78 is 0.950. The molecule has 0 saturated heterocycles. The van der Waals surface area contributed by atoms with Crippen LogP contribution >= 0.6 is 15.9 Å². The van der Waals surface area contributed by atoms with Crippen LogP contribution in [0.4, 0.5) is 0 Å². The van der Waals surface area contributed by atoms with E-state index < -0.39 is 0 Å². The van der Waals surface area contributed by atoms with Crippen LogP contribution in [0.5, 0.6) is 0 Å². The summed E-state index contributed by atoms with van der Waals surface area (Å²) in [6, 6.07) is 7.23. The van der Waals surface area contributed by atoms with E-state index in [4.69, 9.17) is 0 Å². The number of benzene rings is 1. The van der Waals surface area contributed by atoms with Gasteiger partial charge in [0.25, 0.3) is 5.91 Å². The molecule has 5 heteroatoms. The molecular weight excluding hydrogens is 320 g/mol. The van der Waals surface area contributed by atoms with Crippen molar-refractivity contribution in [3.05, 3.63) is 34.3 Å². The van der Waals surface area contributed by atoms with Gasteiger partial charge in [-0.1, -0.05) is 22.9 Å². The first-order valence-electron chi connectivity index (χ1n) is 6.89. The number of halogens is 1. The van der Waals surface area contributed by atoms with Crippen molar-refractivity contribution < 1.29 is 9.59 Å². The first-order chi connectivity index (χ1) is 9.58. The minimum atomic E-state index is -0.0837. The van der Waals surface area contributed by atoms with Crippen molar-refractivity contribution in [2.45, 2.75) is 19.8 Å². The van der Waals surface area contributed by atoms with E-state index in [0.29, 0.717) is 24.6 Å². The topological polar surface area (TPSA) is 58.2 Å². The number of rotatable bonds is 6. The van der Waals surface area contributed by atoms with Crippen molar-refractivity contribution in [3.63, 3.8) is 0 Å². The highest BCUT2D eigenvalue weighted by Gasteiger charge is 2.38. The lowest BCUT2D eigenvalue weighted by Gasteiger charge is -2.06. The van der Waals surface area contributed by atoms with Crippen molar-refractivity contribution in [3.8, 4) is 0 Å². The average Bonchev–Trinajstić information content (AvgIpc) is 3.16. The fourth-order valence-corrected chi connectivity index (χ4v) is 2.29. The number of hydrogen-bond donors (Lipinski definition) is 2. The molecule has 4 nitrogen and oxygen atoms in total. The van der Waals surface area contributed by atoms with Gasteiger partial charge in [0, 0.05) is 29.0 Å². The molecule has 0 spiro atoms. The highest BCUT2D eigenvalue weighted by atomic mass is 79.9. The average molecular weight is 339 g/mol. The predicted molar refractivity (Wildman–Crippen MR) is 81.4 cm³/mol. The highest BCUT2D eigenvalue weighted by molar-refractivity contribution is 9.10. The van der Waals surface area contributed by atoms with Crippen molar-refractivity contribution >= 4 is 27.7 Å². The van der Waals surface area contributed by atoms with Gasteiger partial charge in [0.15, 0.2) is 0 Å². The Morgan fingerprint density at radius 1 is 1.20 bits per heavy atom. The Kier molecular flexibility index (Phi) is 5.17. The van der Waals surface area contributed by atoms with Crippen LogP contribution in [0.3, 0.4) is 0 Å². The Hall–Kier alpha value is -1.36. The van der Waals surface area contributed by atoms with Gasteiger partial charge in [-0.2, -0.15) is 0 Å². The van der Waals surface area contributed by atoms with Crippen molar-refractivity contribution in [2.75, 3.05) is 13.1 Å². The van der Waals surface area contributed by atoms with Crippen LogP contribution in [0.2, 0.25) is 0 Å². The van der Waals surface area contributed by atoms with Crippen LogP contribution in [0.25, 0.3) is 0 Å². The standard InChI is InChI=1S/C15H19BrN2O2/c1-10-9-13(10)15(20)18-8-2-7-17-14(19)11-3-5-12(16)6-4-11/h3-6,10,13H,2,7-9H2,1H3,(H,17,19)(H,18,20)/t10-,13-/m0/s1. The first-order valence-corrected chi connectivity index (χ1v) is 7.68. The molecule has 20 heavy (non-hydrogen) atoms. The largest absolute Gasteiger partial charge is 0.356 e. The third-order valence-electron chi connectivity index (χ3n) is 3.49. The van der Waals surface area contributed by atoms with Crippen molar-refractivity contribution in [2.24, 2.45) is 11.8 Å². The molecule has 2 amide bonds. The number of nitrogens with one attached hydrogen (secondary N) is 2. The lowest BCUT2D eigenvalue weighted by molar-refractivity contribution is -0.122. The lowest BCUT2D eigenvalue weighted by Crippen LogP contribution is -2.30. The molecule has 1 aliphatic carbocycles. The molecule has 0 radical (unpaired) electrons. The molecule has 2 rings (SSSR count). The van der Waals surface area contributed by atoms with Gasteiger partial charge in [0.1, 0.15) is 0 Å². The molecule has 1 fully saturated rings. The molecule has 2 N–H and O–H groups in total. The van der Waals surface area contributed by atoms with Crippen LogP contribution in [-0.2, 0) is 4.79 Å². The third kappa shape index (κ3) is 4.34. The second-order valence-corrected chi connectivity index (χ2v) is 6.14. The van der Waals surface area contributed by atoms with Gasteiger partial charge in [-0.25, -0.2) is 0 Å². The maximum atomic E-state index is 11.8. The third-order valence-corrected chi connectivity index (χ3v) is 4.02. The molecule has 0 unspecified atom stereocenters. The molecule has 108 valence electrons.